The third-order valence-electron chi connectivity index (χ3n) is 4.49. The Bertz CT molecular complexity index is 1020. The van der Waals surface area contributed by atoms with Crippen LogP contribution in [0.25, 0.3) is 5.82 Å². The number of aryl methyl sites for hydroxylation is 2. The molecule has 1 unspecified atom stereocenters. The summed E-state index contributed by atoms with van der Waals surface area (Å²) in [5.74, 6) is 1.65. The van der Waals surface area contributed by atoms with E-state index in [0.717, 1.165) is 29.3 Å². The maximum atomic E-state index is 13.3. The van der Waals surface area contributed by atoms with Crippen LogP contribution in [0.15, 0.2) is 53.7 Å². The zero-order valence-electron chi connectivity index (χ0n) is 18.8. The first-order valence-corrected chi connectivity index (χ1v) is 10.4. The average molecular weight is 552 g/mol. The van der Waals surface area contributed by atoms with Crippen molar-refractivity contribution < 1.29 is 9.13 Å². The van der Waals surface area contributed by atoms with E-state index in [4.69, 9.17) is 4.74 Å². The number of hydrogen-bond donors (Lipinski definition) is 2. The third kappa shape index (κ3) is 7.47. The molecular weight excluding hydrogens is 522 g/mol. The van der Waals surface area contributed by atoms with Crippen molar-refractivity contribution in [2.24, 2.45) is 4.99 Å². The first kappa shape index (κ1) is 25.6. The predicted octanol–water partition coefficient (Wildman–Crippen LogP) is 4.16. The van der Waals surface area contributed by atoms with Gasteiger partial charge in [0, 0.05) is 24.5 Å². The fraction of sp³-hybridized carbons (Fsp3) is 0.348. The fourth-order valence-electron chi connectivity index (χ4n) is 3.06. The Hall–Kier alpha value is -2.69. The van der Waals surface area contributed by atoms with Gasteiger partial charge in [0.15, 0.2) is 11.8 Å². The Morgan fingerprint density at radius 2 is 2.00 bits per heavy atom. The van der Waals surface area contributed by atoms with Gasteiger partial charge in [0.25, 0.3) is 0 Å². The van der Waals surface area contributed by atoms with Crippen molar-refractivity contribution in [1.82, 2.24) is 25.4 Å². The molecule has 0 fully saturated rings. The molecule has 0 aliphatic carbocycles. The lowest BCUT2D eigenvalue weighted by molar-refractivity contribution is 0.223. The number of nitrogens with zero attached hydrogens (tertiary/aromatic N) is 4. The second kappa shape index (κ2) is 12.4. The van der Waals surface area contributed by atoms with Crippen LogP contribution in [0, 0.1) is 19.7 Å². The summed E-state index contributed by atoms with van der Waals surface area (Å²) < 4.78 is 20.9. The van der Waals surface area contributed by atoms with Crippen molar-refractivity contribution in [3.05, 3.63) is 71.4 Å². The molecule has 172 valence electrons. The zero-order chi connectivity index (χ0) is 22.2. The average Bonchev–Trinajstić information content (AvgIpc) is 3.08. The predicted molar refractivity (Wildman–Crippen MR) is 136 cm³/mol. The van der Waals surface area contributed by atoms with Gasteiger partial charge < -0.3 is 15.4 Å². The minimum absolute atomic E-state index is 0. The van der Waals surface area contributed by atoms with Gasteiger partial charge >= 0.3 is 0 Å². The summed E-state index contributed by atoms with van der Waals surface area (Å²) in [5, 5.41) is 10.9. The molecule has 2 heterocycles. The van der Waals surface area contributed by atoms with Gasteiger partial charge in [0.2, 0.25) is 0 Å². The number of nitrogens with one attached hydrogen (secondary N) is 2. The molecule has 3 rings (SSSR count). The van der Waals surface area contributed by atoms with Gasteiger partial charge in [0.1, 0.15) is 17.7 Å². The number of guanidine groups is 1. The van der Waals surface area contributed by atoms with Crippen molar-refractivity contribution in [3.8, 4) is 11.6 Å². The van der Waals surface area contributed by atoms with E-state index < -0.39 is 0 Å². The topological polar surface area (TPSA) is 76.4 Å². The minimum Gasteiger partial charge on any atom is -0.489 e. The van der Waals surface area contributed by atoms with Crippen LogP contribution in [0.2, 0.25) is 0 Å². The summed E-state index contributed by atoms with van der Waals surface area (Å²) in [4.78, 5) is 9.13. The molecular formula is C23H30FIN6O. The Morgan fingerprint density at radius 3 is 2.62 bits per heavy atom. The molecule has 1 aromatic carbocycles. The quantitative estimate of drug-likeness (QED) is 0.250. The largest absolute Gasteiger partial charge is 0.489 e. The molecule has 0 bridgehead atoms. The Morgan fingerprint density at radius 1 is 1.19 bits per heavy atom. The summed E-state index contributed by atoms with van der Waals surface area (Å²) in [6.07, 6.45) is 1.65. The Balaban J connectivity index is 0.00000363. The van der Waals surface area contributed by atoms with Crippen LogP contribution in [0.4, 0.5) is 4.39 Å². The van der Waals surface area contributed by atoms with E-state index in [0.29, 0.717) is 24.8 Å². The lowest BCUT2D eigenvalue weighted by Gasteiger charge is -2.17. The molecule has 0 aliphatic rings. The molecule has 2 aromatic heterocycles. The Labute approximate surface area is 205 Å². The highest BCUT2D eigenvalue weighted by Crippen LogP contribution is 2.13. The van der Waals surface area contributed by atoms with Crippen LogP contribution in [-0.4, -0.2) is 39.9 Å². The SMILES string of the molecule is CCNC(=NCc1ccc(-n2nc(C)cc2C)nc1)NCC(C)Oc1cccc(F)c1.I. The van der Waals surface area contributed by atoms with Gasteiger partial charge in [-0.2, -0.15) is 5.10 Å². The number of aromatic nitrogens is 3. The lowest BCUT2D eigenvalue weighted by Crippen LogP contribution is -2.41. The van der Waals surface area contributed by atoms with Gasteiger partial charge in [-0.05, 0) is 57.5 Å². The number of pyridine rings is 1. The van der Waals surface area contributed by atoms with Crippen LogP contribution < -0.4 is 15.4 Å². The van der Waals surface area contributed by atoms with E-state index in [1.54, 1.807) is 12.1 Å². The van der Waals surface area contributed by atoms with Crippen molar-refractivity contribution in [2.75, 3.05) is 13.1 Å². The van der Waals surface area contributed by atoms with Crippen LogP contribution >= 0.6 is 24.0 Å². The fourth-order valence-corrected chi connectivity index (χ4v) is 3.06. The van der Waals surface area contributed by atoms with E-state index >= 15 is 0 Å². The maximum Gasteiger partial charge on any atom is 0.191 e. The summed E-state index contributed by atoms with van der Waals surface area (Å²) >= 11 is 0. The van der Waals surface area contributed by atoms with E-state index in [1.807, 2.05) is 56.8 Å². The first-order valence-electron chi connectivity index (χ1n) is 10.4. The third-order valence-corrected chi connectivity index (χ3v) is 4.49. The van der Waals surface area contributed by atoms with Crippen molar-refractivity contribution in [3.63, 3.8) is 0 Å². The molecule has 0 saturated heterocycles. The van der Waals surface area contributed by atoms with Crippen LogP contribution in [0.3, 0.4) is 0 Å². The number of aliphatic imine (C=N–C) groups is 1. The molecule has 0 radical (unpaired) electrons. The highest BCUT2D eigenvalue weighted by atomic mass is 127. The second-order valence-electron chi connectivity index (χ2n) is 7.33. The van der Waals surface area contributed by atoms with Gasteiger partial charge in [-0.25, -0.2) is 19.0 Å². The number of hydrogen-bond acceptors (Lipinski definition) is 4. The number of ether oxygens (including phenoxy) is 1. The van der Waals surface area contributed by atoms with Gasteiger partial charge in [-0.15, -0.1) is 24.0 Å². The van der Waals surface area contributed by atoms with Gasteiger partial charge in [-0.1, -0.05) is 12.1 Å². The van der Waals surface area contributed by atoms with Crippen LogP contribution in [-0.2, 0) is 6.54 Å². The van der Waals surface area contributed by atoms with Crippen molar-refractivity contribution in [2.45, 2.75) is 40.3 Å². The molecule has 0 amide bonds. The lowest BCUT2D eigenvalue weighted by atomic mass is 10.3. The first-order chi connectivity index (χ1) is 14.9. The monoisotopic (exact) mass is 552 g/mol. The smallest absolute Gasteiger partial charge is 0.191 e. The summed E-state index contributed by atoms with van der Waals surface area (Å²) in [7, 11) is 0. The molecule has 9 heteroatoms. The summed E-state index contributed by atoms with van der Waals surface area (Å²) in [6.45, 7) is 9.65. The highest BCUT2D eigenvalue weighted by molar-refractivity contribution is 14.0. The number of rotatable bonds is 8. The van der Waals surface area contributed by atoms with Gasteiger partial charge in [0.05, 0.1) is 18.8 Å². The molecule has 1 atom stereocenters. The van der Waals surface area contributed by atoms with Crippen molar-refractivity contribution >= 4 is 29.9 Å². The van der Waals surface area contributed by atoms with Crippen LogP contribution in [0.5, 0.6) is 5.75 Å². The number of halogens is 2. The molecule has 2 N–H and O–H groups in total. The molecule has 3 aromatic rings. The molecule has 0 spiro atoms. The second-order valence-corrected chi connectivity index (χ2v) is 7.33. The van der Waals surface area contributed by atoms with Crippen LogP contribution in [0.1, 0.15) is 30.8 Å². The normalized spacial score (nSPS) is 12.1. The standard InChI is InChI=1S/C23H29FN6O.HI/c1-5-25-23(27-13-18(4)31-21-8-6-7-20(24)12-21)28-15-19-9-10-22(26-14-19)30-17(3)11-16(2)29-30;/h6-12,14,18H,5,13,15H2,1-4H3,(H2,25,27,28);1H. The summed E-state index contributed by atoms with van der Waals surface area (Å²) in [6, 6.07) is 12.1. The Kier molecular flexibility index (Phi) is 9.89. The molecule has 32 heavy (non-hydrogen) atoms. The number of benzene rings is 1. The molecule has 0 aliphatic heterocycles. The summed E-state index contributed by atoms with van der Waals surface area (Å²) in [5.41, 5.74) is 3.00. The zero-order valence-corrected chi connectivity index (χ0v) is 21.1. The highest BCUT2D eigenvalue weighted by Gasteiger charge is 2.08. The van der Waals surface area contributed by atoms with E-state index in [9.17, 15) is 4.39 Å². The van der Waals surface area contributed by atoms with E-state index in [-0.39, 0.29) is 35.9 Å². The molecule has 0 saturated carbocycles. The van der Waals surface area contributed by atoms with E-state index in [2.05, 4.69) is 25.7 Å². The molecule has 7 nitrogen and oxygen atoms in total. The minimum atomic E-state index is -0.315. The maximum absolute atomic E-state index is 13.3. The van der Waals surface area contributed by atoms with E-state index in [1.165, 1.54) is 12.1 Å². The van der Waals surface area contributed by atoms with Gasteiger partial charge in [-0.3, -0.25) is 0 Å². The van der Waals surface area contributed by atoms with Crippen molar-refractivity contribution in [1.29, 1.82) is 0 Å².